The Bertz CT molecular complexity index is 676. The van der Waals surface area contributed by atoms with Crippen molar-refractivity contribution in [2.75, 3.05) is 12.1 Å². The number of anilines is 1. The van der Waals surface area contributed by atoms with Gasteiger partial charge in [-0.05, 0) is 29.8 Å². The second kappa shape index (κ2) is 6.05. The second-order valence-corrected chi connectivity index (χ2v) is 5.42. The highest BCUT2D eigenvalue weighted by Gasteiger charge is 2.13. The molecule has 0 bridgehead atoms. The number of carbonyl (C=O) groups is 1. The number of rotatable bonds is 3. The lowest BCUT2D eigenvalue weighted by molar-refractivity contribution is 0.174. The van der Waals surface area contributed by atoms with Gasteiger partial charge in [0.05, 0.1) is 0 Å². The summed E-state index contributed by atoms with van der Waals surface area (Å²) >= 11 is 3.40. The Balaban J connectivity index is 1.57. The Kier molecular flexibility index (Phi) is 3.96. The molecule has 2 N–H and O–H groups in total. The monoisotopic (exact) mass is 348 g/mol. The predicted molar refractivity (Wildman–Crippen MR) is 82.6 cm³/mol. The highest BCUT2D eigenvalue weighted by Crippen LogP contribution is 2.34. The molecule has 1 aliphatic heterocycles. The third-order valence-corrected chi connectivity index (χ3v) is 3.47. The van der Waals surface area contributed by atoms with Gasteiger partial charge in [0.15, 0.2) is 11.5 Å². The number of fused-ring (bicyclic) bond motifs is 1. The average molecular weight is 349 g/mol. The minimum Gasteiger partial charge on any atom is -0.454 e. The van der Waals surface area contributed by atoms with E-state index >= 15 is 0 Å². The van der Waals surface area contributed by atoms with E-state index < -0.39 is 0 Å². The molecule has 0 saturated heterocycles. The fourth-order valence-corrected chi connectivity index (χ4v) is 2.43. The summed E-state index contributed by atoms with van der Waals surface area (Å²) in [5, 5.41) is 5.56. The van der Waals surface area contributed by atoms with Crippen LogP contribution in [0.4, 0.5) is 10.5 Å². The Morgan fingerprint density at radius 2 is 2.00 bits per heavy atom. The van der Waals surface area contributed by atoms with Crippen molar-refractivity contribution in [1.29, 1.82) is 0 Å². The number of amides is 2. The molecule has 6 heteroatoms. The maximum Gasteiger partial charge on any atom is 0.319 e. The van der Waals surface area contributed by atoms with Gasteiger partial charge in [-0.2, -0.15) is 0 Å². The van der Waals surface area contributed by atoms with Crippen LogP contribution in [0.3, 0.4) is 0 Å². The predicted octanol–water partition coefficient (Wildman–Crippen LogP) is 3.50. The number of urea groups is 1. The number of benzene rings is 2. The number of hydrogen-bond acceptors (Lipinski definition) is 3. The van der Waals surface area contributed by atoms with Crippen LogP contribution in [0.25, 0.3) is 0 Å². The molecule has 3 rings (SSSR count). The third-order valence-electron chi connectivity index (χ3n) is 2.97. The summed E-state index contributed by atoms with van der Waals surface area (Å²) in [4.78, 5) is 11.9. The first kappa shape index (κ1) is 13.8. The zero-order valence-corrected chi connectivity index (χ0v) is 12.6. The molecule has 1 aliphatic rings. The van der Waals surface area contributed by atoms with E-state index in [2.05, 4.69) is 26.6 Å². The van der Waals surface area contributed by atoms with Gasteiger partial charge < -0.3 is 20.1 Å². The lowest BCUT2D eigenvalue weighted by Gasteiger charge is -2.08. The van der Waals surface area contributed by atoms with Crippen molar-refractivity contribution in [3.8, 4) is 11.5 Å². The molecule has 21 heavy (non-hydrogen) atoms. The van der Waals surface area contributed by atoms with Crippen molar-refractivity contribution < 1.29 is 14.3 Å². The highest BCUT2D eigenvalue weighted by molar-refractivity contribution is 9.10. The van der Waals surface area contributed by atoms with Crippen molar-refractivity contribution in [2.45, 2.75) is 6.54 Å². The van der Waals surface area contributed by atoms with Gasteiger partial charge in [0.1, 0.15) is 0 Å². The molecule has 2 amide bonds. The molecule has 0 radical (unpaired) electrons. The van der Waals surface area contributed by atoms with E-state index in [0.717, 1.165) is 10.0 Å². The summed E-state index contributed by atoms with van der Waals surface area (Å²) in [5.74, 6) is 1.33. The Morgan fingerprint density at radius 1 is 1.14 bits per heavy atom. The topological polar surface area (TPSA) is 59.6 Å². The summed E-state index contributed by atoms with van der Waals surface area (Å²) in [7, 11) is 0. The number of ether oxygens (including phenoxy) is 2. The molecule has 0 aromatic heterocycles. The number of carbonyl (C=O) groups excluding carboxylic acids is 1. The summed E-state index contributed by atoms with van der Waals surface area (Å²) in [6.07, 6.45) is 0. The van der Waals surface area contributed by atoms with Crippen LogP contribution in [-0.4, -0.2) is 12.8 Å². The molecular weight excluding hydrogens is 336 g/mol. The van der Waals surface area contributed by atoms with E-state index in [1.807, 2.05) is 24.3 Å². The summed E-state index contributed by atoms with van der Waals surface area (Å²) in [6, 6.07) is 12.8. The molecule has 0 saturated carbocycles. The average Bonchev–Trinajstić information content (AvgIpc) is 2.93. The number of nitrogens with one attached hydrogen (secondary N) is 2. The van der Waals surface area contributed by atoms with Crippen molar-refractivity contribution in [2.24, 2.45) is 0 Å². The van der Waals surface area contributed by atoms with Gasteiger partial charge in [0.2, 0.25) is 6.79 Å². The lowest BCUT2D eigenvalue weighted by Crippen LogP contribution is -2.28. The van der Waals surface area contributed by atoms with Crippen molar-refractivity contribution in [3.05, 3.63) is 52.5 Å². The fourth-order valence-electron chi connectivity index (χ4n) is 1.98. The molecule has 0 aliphatic carbocycles. The maximum absolute atomic E-state index is 11.9. The Labute approximate surface area is 130 Å². The van der Waals surface area contributed by atoms with Crippen LogP contribution >= 0.6 is 15.9 Å². The molecule has 0 spiro atoms. The summed E-state index contributed by atoms with van der Waals surface area (Å²) in [6.45, 7) is 0.670. The van der Waals surface area contributed by atoms with Gasteiger partial charge in [-0.15, -0.1) is 0 Å². The van der Waals surface area contributed by atoms with Crippen molar-refractivity contribution in [3.63, 3.8) is 0 Å². The van der Waals surface area contributed by atoms with Crippen LogP contribution < -0.4 is 20.1 Å². The molecule has 2 aromatic rings. The Morgan fingerprint density at radius 3 is 2.86 bits per heavy atom. The van der Waals surface area contributed by atoms with Crippen molar-refractivity contribution in [1.82, 2.24) is 5.32 Å². The van der Waals surface area contributed by atoms with Crippen molar-refractivity contribution >= 4 is 27.6 Å². The molecule has 108 valence electrons. The van der Waals surface area contributed by atoms with E-state index in [4.69, 9.17) is 9.47 Å². The largest absolute Gasteiger partial charge is 0.454 e. The SMILES string of the molecule is O=C(NCc1cccc(Br)c1)Nc1ccc2c(c1)OCO2. The lowest BCUT2D eigenvalue weighted by atomic mass is 10.2. The van der Waals surface area contributed by atoms with Crippen LogP contribution in [0.1, 0.15) is 5.56 Å². The number of hydrogen-bond donors (Lipinski definition) is 2. The van der Waals surface area contributed by atoms with Gasteiger partial charge >= 0.3 is 6.03 Å². The third kappa shape index (κ3) is 3.46. The van der Waals surface area contributed by atoms with Crippen LogP contribution in [-0.2, 0) is 6.54 Å². The van der Waals surface area contributed by atoms with Gasteiger partial charge in [0, 0.05) is 22.8 Å². The minimum absolute atomic E-state index is 0.216. The van der Waals surface area contributed by atoms with E-state index in [0.29, 0.717) is 23.7 Å². The first-order chi connectivity index (χ1) is 10.2. The summed E-state index contributed by atoms with van der Waals surface area (Å²) < 4.78 is 11.5. The van der Waals surface area contributed by atoms with Crippen LogP contribution in [0.15, 0.2) is 46.9 Å². The molecule has 2 aromatic carbocycles. The van der Waals surface area contributed by atoms with Gasteiger partial charge in [-0.1, -0.05) is 28.1 Å². The maximum atomic E-state index is 11.9. The number of halogens is 1. The van der Waals surface area contributed by atoms with Gasteiger partial charge in [-0.3, -0.25) is 0 Å². The second-order valence-electron chi connectivity index (χ2n) is 4.51. The van der Waals surface area contributed by atoms with Crippen LogP contribution in [0.2, 0.25) is 0 Å². The molecule has 0 fully saturated rings. The van der Waals surface area contributed by atoms with Crippen LogP contribution in [0.5, 0.6) is 11.5 Å². The van der Waals surface area contributed by atoms with Crippen LogP contribution in [0, 0.1) is 0 Å². The molecule has 0 unspecified atom stereocenters. The minimum atomic E-state index is -0.270. The molecule has 1 heterocycles. The first-order valence-corrected chi connectivity index (χ1v) is 7.19. The smallest absolute Gasteiger partial charge is 0.319 e. The molecule has 5 nitrogen and oxygen atoms in total. The first-order valence-electron chi connectivity index (χ1n) is 6.40. The fraction of sp³-hybridized carbons (Fsp3) is 0.133. The standard InChI is InChI=1S/C15H13BrN2O3/c16-11-3-1-2-10(6-11)8-17-15(19)18-12-4-5-13-14(7-12)21-9-20-13/h1-7H,8-9H2,(H2,17,18,19). The summed E-state index contributed by atoms with van der Waals surface area (Å²) in [5.41, 5.74) is 1.68. The zero-order chi connectivity index (χ0) is 14.7. The van der Waals surface area contributed by atoms with E-state index in [-0.39, 0.29) is 12.8 Å². The Hall–Kier alpha value is -2.21. The quantitative estimate of drug-likeness (QED) is 0.892. The van der Waals surface area contributed by atoms with E-state index in [9.17, 15) is 4.79 Å². The zero-order valence-electron chi connectivity index (χ0n) is 11.1. The van der Waals surface area contributed by atoms with E-state index in [1.54, 1.807) is 18.2 Å². The molecular formula is C15H13BrN2O3. The highest BCUT2D eigenvalue weighted by atomic mass is 79.9. The van der Waals surface area contributed by atoms with E-state index in [1.165, 1.54) is 0 Å². The molecule has 0 atom stereocenters. The van der Waals surface area contributed by atoms with Gasteiger partial charge in [-0.25, -0.2) is 4.79 Å². The van der Waals surface area contributed by atoms with Gasteiger partial charge in [0.25, 0.3) is 0 Å². The normalized spacial score (nSPS) is 12.0.